The number of carbonyl (C=O) groups is 1. The average Bonchev–Trinajstić information content (AvgIpc) is 2.03. The molecule has 0 amide bonds. The molecule has 0 fully saturated rings. The largest absolute Gasteiger partial charge is 0.508 e. The van der Waals surface area contributed by atoms with Crippen LogP contribution in [0.5, 0.6) is 0 Å². The minimum atomic E-state index is -0.591. The summed E-state index contributed by atoms with van der Waals surface area (Å²) in [5.41, 5.74) is 0. The molecule has 0 N–H and O–H groups in total. The van der Waals surface area contributed by atoms with E-state index in [2.05, 4.69) is 0 Å². The zero-order chi connectivity index (χ0) is 10.4. The zero-order valence-corrected chi connectivity index (χ0v) is 9.03. The van der Waals surface area contributed by atoms with Gasteiger partial charge in [0, 0.05) is 0 Å². The van der Waals surface area contributed by atoms with E-state index < -0.39 is 6.16 Å². The van der Waals surface area contributed by atoms with Crippen LogP contribution in [0, 0.1) is 12.3 Å². The summed E-state index contributed by atoms with van der Waals surface area (Å²) in [6, 6.07) is 0. The van der Waals surface area contributed by atoms with Crippen molar-refractivity contribution in [1.82, 2.24) is 0 Å². The van der Waals surface area contributed by atoms with Gasteiger partial charge in [-0.2, -0.15) is 0 Å². The third kappa shape index (κ3) is 5.50. The molecular formula is C10H19O3. The van der Waals surface area contributed by atoms with Gasteiger partial charge in [0.05, 0.1) is 0 Å². The van der Waals surface area contributed by atoms with Gasteiger partial charge in [-0.3, -0.25) is 0 Å². The maximum Gasteiger partial charge on any atom is 0.508 e. The van der Waals surface area contributed by atoms with E-state index in [1.54, 1.807) is 13.3 Å². The molecule has 1 radical (unpaired) electrons. The molecule has 0 spiro atoms. The molecule has 0 aliphatic carbocycles. The SMILES string of the molecule is C[CH][C@@H](C)OC(=O)O[C@@H](C)C(C)C. The van der Waals surface area contributed by atoms with Crippen LogP contribution in [0.1, 0.15) is 34.6 Å². The predicted molar refractivity (Wildman–Crippen MR) is 51.3 cm³/mol. The average molecular weight is 187 g/mol. The highest BCUT2D eigenvalue weighted by atomic mass is 16.7. The lowest BCUT2D eigenvalue weighted by Gasteiger charge is -2.17. The molecule has 13 heavy (non-hydrogen) atoms. The lowest BCUT2D eigenvalue weighted by Crippen LogP contribution is -2.23. The minimum absolute atomic E-state index is 0.100. The molecule has 3 nitrogen and oxygen atoms in total. The van der Waals surface area contributed by atoms with Gasteiger partial charge in [0.1, 0.15) is 12.2 Å². The molecule has 77 valence electrons. The Morgan fingerprint density at radius 2 is 1.69 bits per heavy atom. The third-order valence-corrected chi connectivity index (χ3v) is 1.97. The van der Waals surface area contributed by atoms with Crippen LogP contribution >= 0.6 is 0 Å². The highest BCUT2D eigenvalue weighted by Crippen LogP contribution is 2.07. The van der Waals surface area contributed by atoms with Gasteiger partial charge in [-0.05, 0) is 26.2 Å². The van der Waals surface area contributed by atoms with Gasteiger partial charge in [-0.15, -0.1) is 0 Å². The molecule has 0 bridgehead atoms. The molecule has 0 aliphatic rings. The van der Waals surface area contributed by atoms with E-state index in [0.29, 0.717) is 5.92 Å². The van der Waals surface area contributed by atoms with Gasteiger partial charge >= 0.3 is 6.16 Å². The Labute approximate surface area is 80.4 Å². The number of rotatable bonds is 4. The molecule has 0 unspecified atom stereocenters. The van der Waals surface area contributed by atoms with E-state index in [0.717, 1.165) is 0 Å². The van der Waals surface area contributed by atoms with E-state index in [-0.39, 0.29) is 12.2 Å². The Hall–Kier alpha value is -0.730. The molecule has 3 heteroatoms. The van der Waals surface area contributed by atoms with Crippen molar-refractivity contribution in [1.29, 1.82) is 0 Å². The van der Waals surface area contributed by atoms with Crippen LogP contribution in [0.25, 0.3) is 0 Å². The van der Waals surface area contributed by atoms with Crippen molar-refractivity contribution in [2.24, 2.45) is 5.92 Å². The summed E-state index contributed by atoms with van der Waals surface area (Å²) in [4.78, 5) is 11.1. The quantitative estimate of drug-likeness (QED) is 0.635. The summed E-state index contributed by atoms with van der Waals surface area (Å²) in [7, 11) is 0. The van der Waals surface area contributed by atoms with Gasteiger partial charge in [-0.25, -0.2) is 4.79 Å². The second-order valence-corrected chi connectivity index (χ2v) is 3.47. The number of ether oxygens (including phenoxy) is 2. The molecule has 0 saturated heterocycles. The lowest BCUT2D eigenvalue weighted by molar-refractivity contribution is 0.00228. The highest BCUT2D eigenvalue weighted by molar-refractivity contribution is 5.60. The molecule has 0 aromatic rings. The summed E-state index contributed by atoms with van der Waals surface area (Å²) in [5.74, 6) is 0.313. The fourth-order valence-electron chi connectivity index (χ4n) is 0.535. The monoisotopic (exact) mass is 187 g/mol. The molecule has 2 atom stereocenters. The summed E-state index contributed by atoms with van der Waals surface area (Å²) in [6.45, 7) is 9.47. The van der Waals surface area contributed by atoms with E-state index in [1.807, 2.05) is 27.7 Å². The second-order valence-electron chi connectivity index (χ2n) is 3.47. The van der Waals surface area contributed by atoms with Crippen LogP contribution in [-0.4, -0.2) is 18.4 Å². The van der Waals surface area contributed by atoms with Crippen LogP contribution in [0.4, 0.5) is 4.79 Å². The zero-order valence-electron chi connectivity index (χ0n) is 9.03. The van der Waals surface area contributed by atoms with Crippen molar-refractivity contribution in [2.45, 2.75) is 46.8 Å². The Morgan fingerprint density at radius 3 is 2.08 bits per heavy atom. The first-order valence-electron chi connectivity index (χ1n) is 4.64. The molecular weight excluding hydrogens is 168 g/mol. The Morgan fingerprint density at radius 1 is 1.15 bits per heavy atom. The summed E-state index contributed by atoms with van der Waals surface area (Å²) < 4.78 is 9.91. The van der Waals surface area contributed by atoms with Crippen molar-refractivity contribution in [3.63, 3.8) is 0 Å². The van der Waals surface area contributed by atoms with Crippen LogP contribution in [0.2, 0.25) is 0 Å². The van der Waals surface area contributed by atoms with Crippen molar-refractivity contribution in [3.8, 4) is 0 Å². The van der Waals surface area contributed by atoms with E-state index in [9.17, 15) is 4.79 Å². The highest BCUT2D eigenvalue weighted by Gasteiger charge is 2.15. The smallest absolute Gasteiger partial charge is 0.431 e. The van der Waals surface area contributed by atoms with Crippen LogP contribution in [-0.2, 0) is 9.47 Å². The third-order valence-electron chi connectivity index (χ3n) is 1.97. The number of hydrogen-bond acceptors (Lipinski definition) is 3. The Kier molecular flexibility index (Phi) is 5.51. The standard InChI is InChI=1S/C10H19O3/c1-6-8(4)12-10(11)13-9(5)7(2)3/h6-9H,1-5H3/t8-,9+/m1/s1. The molecule has 0 heterocycles. The Bertz CT molecular complexity index is 154. The van der Waals surface area contributed by atoms with Crippen LogP contribution in [0.15, 0.2) is 0 Å². The van der Waals surface area contributed by atoms with Gasteiger partial charge in [0.2, 0.25) is 0 Å². The van der Waals surface area contributed by atoms with Gasteiger partial charge in [0.15, 0.2) is 0 Å². The minimum Gasteiger partial charge on any atom is -0.431 e. The van der Waals surface area contributed by atoms with Gasteiger partial charge in [-0.1, -0.05) is 20.8 Å². The first kappa shape index (κ1) is 12.3. The molecule has 0 aromatic carbocycles. The fraction of sp³-hybridized carbons (Fsp3) is 0.800. The summed E-state index contributed by atoms with van der Waals surface area (Å²) in [6.07, 6.45) is 0.914. The van der Waals surface area contributed by atoms with E-state index >= 15 is 0 Å². The van der Waals surface area contributed by atoms with Crippen LogP contribution in [0.3, 0.4) is 0 Å². The summed E-state index contributed by atoms with van der Waals surface area (Å²) >= 11 is 0. The van der Waals surface area contributed by atoms with Crippen molar-refractivity contribution in [3.05, 3.63) is 6.42 Å². The molecule has 0 aromatic heterocycles. The first-order chi connectivity index (χ1) is 5.97. The topological polar surface area (TPSA) is 35.5 Å². The fourth-order valence-corrected chi connectivity index (χ4v) is 0.535. The normalized spacial score (nSPS) is 15.2. The predicted octanol–water partition coefficient (Wildman–Crippen LogP) is 2.80. The summed E-state index contributed by atoms with van der Waals surface area (Å²) in [5, 5.41) is 0. The van der Waals surface area contributed by atoms with Crippen molar-refractivity contribution >= 4 is 6.16 Å². The maximum atomic E-state index is 11.1. The molecule has 0 aliphatic heterocycles. The second kappa shape index (κ2) is 5.84. The van der Waals surface area contributed by atoms with Crippen LogP contribution < -0.4 is 0 Å². The van der Waals surface area contributed by atoms with Gasteiger partial charge < -0.3 is 9.47 Å². The van der Waals surface area contributed by atoms with Crippen molar-refractivity contribution < 1.29 is 14.3 Å². The Balaban J connectivity index is 3.74. The van der Waals surface area contributed by atoms with Gasteiger partial charge in [0.25, 0.3) is 0 Å². The lowest BCUT2D eigenvalue weighted by atomic mass is 10.1. The number of carbonyl (C=O) groups excluding carboxylic acids is 1. The number of hydrogen-bond donors (Lipinski definition) is 0. The van der Waals surface area contributed by atoms with E-state index in [4.69, 9.17) is 9.47 Å². The van der Waals surface area contributed by atoms with E-state index in [1.165, 1.54) is 0 Å². The van der Waals surface area contributed by atoms with Crippen molar-refractivity contribution in [2.75, 3.05) is 0 Å². The molecule has 0 rings (SSSR count). The molecule has 0 saturated carbocycles. The first-order valence-corrected chi connectivity index (χ1v) is 4.64. The maximum absolute atomic E-state index is 11.1.